The molecule has 0 bridgehead atoms. The normalized spacial score (nSPS) is 17.1. The van der Waals surface area contributed by atoms with Crippen molar-refractivity contribution < 1.29 is 18.4 Å². The molecule has 180 valence electrons. The van der Waals surface area contributed by atoms with E-state index >= 15 is 0 Å². The summed E-state index contributed by atoms with van der Waals surface area (Å²) in [6, 6.07) is 8.57. The number of hydrogen-bond acceptors (Lipinski definition) is 3. The minimum absolute atomic E-state index is 0.0284. The molecule has 0 radical (unpaired) electrons. The molecule has 2 aliphatic heterocycles. The Kier molecular flexibility index (Phi) is 5.76. The highest BCUT2D eigenvalue weighted by Gasteiger charge is 2.30. The molecule has 0 aliphatic carbocycles. The van der Waals surface area contributed by atoms with Crippen LogP contribution in [-0.4, -0.2) is 59.8 Å². The smallest absolute Gasteiger partial charge is 0.256 e. The maximum absolute atomic E-state index is 14.6. The van der Waals surface area contributed by atoms with E-state index in [0.717, 1.165) is 30.4 Å². The van der Waals surface area contributed by atoms with Crippen molar-refractivity contribution in [3.63, 3.8) is 0 Å². The zero-order valence-corrected chi connectivity index (χ0v) is 19.8. The first-order valence-electron chi connectivity index (χ1n) is 11.5. The lowest BCUT2D eigenvalue weighted by Crippen LogP contribution is -2.47. The number of halogens is 2. The van der Waals surface area contributed by atoms with Gasteiger partial charge >= 0.3 is 0 Å². The van der Waals surface area contributed by atoms with Crippen molar-refractivity contribution in [3.05, 3.63) is 76.1 Å². The van der Waals surface area contributed by atoms with Gasteiger partial charge in [-0.05, 0) is 56.3 Å². The molecule has 0 saturated carbocycles. The van der Waals surface area contributed by atoms with Gasteiger partial charge in [0.05, 0.1) is 11.1 Å². The number of nitrogens with zero attached hydrogens (tertiary/aromatic N) is 2. The lowest BCUT2D eigenvalue weighted by molar-refractivity contribution is -0.110. The van der Waals surface area contributed by atoms with E-state index in [1.165, 1.54) is 12.1 Å². The Morgan fingerprint density at radius 3 is 2.49 bits per heavy atom. The second-order valence-corrected chi connectivity index (χ2v) is 9.12. The quantitative estimate of drug-likeness (QED) is 0.549. The van der Waals surface area contributed by atoms with E-state index in [-0.39, 0.29) is 17.4 Å². The Morgan fingerprint density at radius 1 is 1.03 bits per heavy atom. The number of aryl methyl sites for hydroxylation is 1. The van der Waals surface area contributed by atoms with Crippen LogP contribution in [0.25, 0.3) is 22.8 Å². The fourth-order valence-corrected chi connectivity index (χ4v) is 4.87. The Hall–Kier alpha value is -3.78. The number of aromatic amines is 1. The van der Waals surface area contributed by atoms with Crippen molar-refractivity contribution in [2.24, 2.45) is 0 Å². The highest BCUT2D eigenvalue weighted by molar-refractivity contribution is 6.36. The number of benzene rings is 2. The summed E-state index contributed by atoms with van der Waals surface area (Å²) >= 11 is 0. The van der Waals surface area contributed by atoms with Gasteiger partial charge in [0.15, 0.2) is 0 Å². The average Bonchev–Trinajstić information content (AvgIpc) is 3.29. The van der Waals surface area contributed by atoms with Crippen LogP contribution in [0.1, 0.15) is 32.9 Å². The number of fused-ring (bicyclic) bond motifs is 1. The standard InChI is InChI=1S/C27H26F2N4O2/c1-15-23(30-16(2)24(15)27(35)33-11-9-32(3)10-12-33)14-20-25-19(5-4-6-22(25)31-26(20)34)18-8-7-17(28)13-21(18)29/h4-8,13-14,30H,9-12H2,1-3H3,(H,31,34). The van der Waals surface area contributed by atoms with Gasteiger partial charge in [-0.25, -0.2) is 8.78 Å². The number of carbonyl (C=O) groups excluding carboxylic acids is 2. The first-order valence-corrected chi connectivity index (χ1v) is 11.5. The molecule has 3 aromatic rings. The second-order valence-electron chi connectivity index (χ2n) is 9.12. The number of aromatic nitrogens is 1. The van der Waals surface area contributed by atoms with Crippen LogP contribution in [-0.2, 0) is 4.79 Å². The first-order chi connectivity index (χ1) is 16.7. The molecule has 2 aromatic carbocycles. The van der Waals surface area contributed by atoms with Gasteiger partial charge in [-0.3, -0.25) is 9.59 Å². The van der Waals surface area contributed by atoms with Crippen molar-refractivity contribution >= 4 is 29.2 Å². The molecule has 2 aliphatic rings. The van der Waals surface area contributed by atoms with Gasteiger partial charge in [0.2, 0.25) is 0 Å². The fourth-order valence-electron chi connectivity index (χ4n) is 4.87. The monoisotopic (exact) mass is 476 g/mol. The molecule has 35 heavy (non-hydrogen) atoms. The third-order valence-corrected chi connectivity index (χ3v) is 6.82. The van der Waals surface area contributed by atoms with E-state index in [1.54, 1.807) is 24.3 Å². The zero-order valence-electron chi connectivity index (χ0n) is 19.8. The minimum atomic E-state index is -0.705. The van der Waals surface area contributed by atoms with Gasteiger partial charge in [-0.2, -0.15) is 0 Å². The minimum Gasteiger partial charge on any atom is -0.358 e. The molecule has 1 fully saturated rings. The molecular formula is C27H26F2N4O2. The SMILES string of the molecule is Cc1[nH]c(C=C2C(=O)Nc3cccc(-c4ccc(F)cc4F)c32)c(C)c1C(=O)N1CCN(C)CC1. The van der Waals surface area contributed by atoms with Crippen molar-refractivity contribution in [3.8, 4) is 11.1 Å². The maximum Gasteiger partial charge on any atom is 0.256 e. The molecule has 0 atom stereocenters. The molecule has 5 rings (SSSR count). The third-order valence-electron chi connectivity index (χ3n) is 6.82. The summed E-state index contributed by atoms with van der Waals surface area (Å²) in [5.74, 6) is -1.73. The molecule has 0 spiro atoms. The summed E-state index contributed by atoms with van der Waals surface area (Å²) in [5, 5.41) is 2.83. The van der Waals surface area contributed by atoms with Crippen molar-refractivity contribution in [2.45, 2.75) is 13.8 Å². The Labute approximate surface area is 202 Å². The van der Waals surface area contributed by atoms with E-state index < -0.39 is 11.6 Å². The first kappa shape index (κ1) is 23.0. The van der Waals surface area contributed by atoms with Crippen LogP contribution >= 0.6 is 0 Å². The Morgan fingerprint density at radius 2 is 1.77 bits per heavy atom. The molecule has 3 heterocycles. The number of carbonyl (C=O) groups is 2. The molecule has 1 saturated heterocycles. The van der Waals surface area contributed by atoms with Crippen LogP contribution in [0.2, 0.25) is 0 Å². The fraction of sp³-hybridized carbons (Fsp3) is 0.259. The van der Waals surface area contributed by atoms with E-state index in [1.807, 2.05) is 25.8 Å². The third kappa shape index (κ3) is 4.04. The van der Waals surface area contributed by atoms with Crippen molar-refractivity contribution in [1.29, 1.82) is 0 Å². The van der Waals surface area contributed by atoms with Crippen molar-refractivity contribution in [1.82, 2.24) is 14.8 Å². The molecule has 2 amide bonds. The van der Waals surface area contributed by atoms with Crippen LogP contribution in [0.15, 0.2) is 36.4 Å². The average molecular weight is 477 g/mol. The van der Waals surface area contributed by atoms with Crippen molar-refractivity contribution in [2.75, 3.05) is 38.5 Å². The number of nitrogens with one attached hydrogen (secondary N) is 2. The molecule has 6 nitrogen and oxygen atoms in total. The molecule has 2 N–H and O–H groups in total. The number of piperazine rings is 1. The highest BCUT2D eigenvalue weighted by atomic mass is 19.1. The molecule has 8 heteroatoms. The van der Waals surface area contributed by atoms with Gasteiger partial charge in [0.25, 0.3) is 11.8 Å². The number of rotatable bonds is 3. The zero-order chi connectivity index (χ0) is 24.9. The highest BCUT2D eigenvalue weighted by Crippen LogP contribution is 2.41. The maximum atomic E-state index is 14.6. The summed E-state index contributed by atoms with van der Waals surface area (Å²) in [6.07, 6.45) is 1.70. The van der Waals surface area contributed by atoms with Crippen LogP contribution in [0.5, 0.6) is 0 Å². The van der Waals surface area contributed by atoms with E-state index in [4.69, 9.17) is 0 Å². The van der Waals surface area contributed by atoms with Gasteiger partial charge < -0.3 is 20.1 Å². The van der Waals surface area contributed by atoms with Gasteiger partial charge in [-0.15, -0.1) is 0 Å². The lowest BCUT2D eigenvalue weighted by Gasteiger charge is -2.32. The lowest BCUT2D eigenvalue weighted by atomic mass is 9.93. The summed E-state index contributed by atoms with van der Waals surface area (Å²) in [7, 11) is 2.04. The summed E-state index contributed by atoms with van der Waals surface area (Å²) < 4.78 is 28.2. The van der Waals surface area contributed by atoms with Crippen LogP contribution in [0.4, 0.5) is 14.5 Å². The molecule has 0 unspecified atom stereocenters. The summed E-state index contributed by atoms with van der Waals surface area (Å²) in [6.45, 7) is 6.69. The second kappa shape index (κ2) is 8.78. The van der Waals surface area contributed by atoms with Crippen LogP contribution < -0.4 is 5.32 Å². The number of anilines is 1. The van der Waals surface area contributed by atoms with E-state index in [9.17, 15) is 18.4 Å². The number of hydrogen-bond donors (Lipinski definition) is 2. The largest absolute Gasteiger partial charge is 0.358 e. The number of amides is 2. The number of likely N-dealkylation sites (N-methyl/N-ethyl adjacent to an activating group) is 1. The predicted octanol–water partition coefficient (Wildman–Crippen LogP) is 4.46. The van der Waals surface area contributed by atoms with Crippen LogP contribution in [0, 0.1) is 25.5 Å². The topological polar surface area (TPSA) is 68.4 Å². The predicted molar refractivity (Wildman–Crippen MR) is 132 cm³/mol. The Bertz CT molecular complexity index is 1380. The number of H-pyrrole nitrogens is 1. The van der Waals surface area contributed by atoms with E-state index in [0.29, 0.717) is 46.7 Å². The molecule has 1 aromatic heterocycles. The van der Waals surface area contributed by atoms with Crippen LogP contribution in [0.3, 0.4) is 0 Å². The summed E-state index contributed by atoms with van der Waals surface area (Å²) in [4.78, 5) is 33.5. The van der Waals surface area contributed by atoms with Gasteiger partial charge in [0, 0.05) is 60.4 Å². The Balaban J connectivity index is 1.57. The summed E-state index contributed by atoms with van der Waals surface area (Å²) in [5.41, 5.74) is 4.88. The van der Waals surface area contributed by atoms with E-state index in [2.05, 4.69) is 15.2 Å². The van der Waals surface area contributed by atoms with Gasteiger partial charge in [0.1, 0.15) is 11.6 Å². The molecular weight excluding hydrogens is 450 g/mol. The van der Waals surface area contributed by atoms with Gasteiger partial charge in [-0.1, -0.05) is 12.1 Å².